The van der Waals surface area contributed by atoms with Crippen LogP contribution in [0.25, 0.3) is 10.9 Å². The highest BCUT2D eigenvalue weighted by molar-refractivity contribution is 8.00. The zero-order chi connectivity index (χ0) is 18.7. The molecule has 0 unspecified atom stereocenters. The number of hydrogen-bond donors (Lipinski definition) is 1. The first-order valence-electron chi connectivity index (χ1n) is 8.75. The lowest BCUT2D eigenvalue weighted by Gasteiger charge is -2.18. The van der Waals surface area contributed by atoms with Crippen molar-refractivity contribution in [3.8, 4) is 0 Å². The van der Waals surface area contributed by atoms with Crippen molar-refractivity contribution in [2.45, 2.75) is 49.7 Å². The second-order valence-electron chi connectivity index (χ2n) is 6.26. The summed E-state index contributed by atoms with van der Waals surface area (Å²) in [6, 6.07) is 5.06. The van der Waals surface area contributed by atoms with Gasteiger partial charge in [-0.05, 0) is 44.9 Å². The molecule has 0 radical (unpaired) electrons. The van der Waals surface area contributed by atoms with E-state index in [1.54, 1.807) is 29.7 Å². The SMILES string of the molecule is CCNC(=O)[C@@H](C)Sc1nc2cc(Cl)ccc2c(=O)n1C[C@H]1CCCO1. The zero-order valence-corrected chi connectivity index (χ0v) is 16.4. The van der Waals surface area contributed by atoms with E-state index in [9.17, 15) is 9.59 Å². The van der Waals surface area contributed by atoms with Crippen LogP contribution in [0.15, 0.2) is 28.2 Å². The molecule has 0 bridgehead atoms. The molecule has 1 aliphatic rings. The van der Waals surface area contributed by atoms with Gasteiger partial charge in [-0.25, -0.2) is 4.98 Å². The number of fused-ring (bicyclic) bond motifs is 1. The fourth-order valence-electron chi connectivity index (χ4n) is 2.95. The molecule has 2 heterocycles. The van der Waals surface area contributed by atoms with Gasteiger partial charge >= 0.3 is 0 Å². The smallest absolute Gasteiger partial charge is 0.262 e. The Hall–Kier alpha value is -1.57. The van der Waals surface area contributed by atoms with Crippen molar-refractivity contribution in [3.05, 3.63) is 33.6 Å². The molecule has 0 saturated carbocycles. The monoisotopic (exact) mass is 395 g/mol. The number of halogens is 1. The number of rotatable bonds is 6. The first-order chi connectivity index (χ1) is 12.5. The zero-order valence-electron chi connectivity index (χ0n) is 14.8. The largest absolute Gasteiger partial charge is 0.376 e. The van der Waals surface area contributed by atoms with Gasteiger partial charge in [0.15, 0.2) is 5.16 Å². The van der Waals surface area contributed by atoms with Crippen molar-refractivity contribution >= 4 is 40.2 Å². The number of ether oxygens (including phenoxy) is 1. The van der Waals surface area contributed by atoms with E-state index in [2.05, 4.69) is 10.3 Å². The molecule has 8 heteroatoms. The van der Waals surface area contributed by atoms with Crippen LogP contribution in [0.4, 0.5) is 0 Å². The molecule has 1 amide bonds. The number of hydrogen-bond acceptors (Lipinski definition) is 5. The Morgan fingerprint density at radius 1 is 1.54 bits per heavy atom. The number of carbonyl (C=O) groups excluding carboxylic acids is 1. The van der Waals surface area contributed by atoms with E-state index in [-0.39, 0.29) is 22.8 Å². The average molecular weight is 396 g/mol. The number of carbonyl (C=O) groups is 1. The number of thioether (sulfide) groups is 1. The van der Waals surface area contributed by atoms with Crippen molar-refractivity contribution in [2.24, 2.45) is 0 Å². The van der Waals surface area contributed by atoms with Crippen LogP contribution in [0, 0.1) is 0 Å². The fraction of sp³-hybridized carbons (Fsp3) is 0.500. The Kier molecular flexibility index (Phi) is 6.21. The highest BCUT2D eigenvalue weighted by Crippen LogP contribution is 2.25. The number of amides is 1. The first kappa shape index (κ1) is 19.2. The molecule has 0 aliphatic carbocycles. The lowest BCUT2D eigenvalue weighted by Crippen LogP contribution is -2.33. The summed E-state index contributed by atoms with van der Waals surface area (Å²) in [5.74, 6) is -0.0818. The minimum Gasteiger partial charge on any atom is -0.376 e. The van der Waals surface area contributed by atoms with Crippen LogP contribution in [0.3, 0.4) is 0 Å². The molecule has 0 spiro atoms. The number of nitrogens with zero attached hydrogens (tertiary/aromatic N) is 2. The van der Waals surface area contributed by atoms with E-state index in [0.717, 1.165) is 12.8 Å². The molecule has 1 saturated heterocycles. The highest BCUT2D eigenvalue weighted by atomic mass is 35.5. The Morgan fingerprint density at radius 3 is 3.04 bits per heavy atom. The summed E-state index contributed by atoms with van der Waals surface area (Å²) in [4.78, 5) is 29.8. The van der Waals surface area contributed by atoms with Gasteiger partial charge in [0.1, 0.15) is 0 Å². The molecule has 1 aromatic heterocycles. The predicted molar refractivity (Wildman–Crippen MR) is 104 cm³/mol. The summed E-state index contributed by atoms with van der Waals surface area (Å²) in [5, 5.41) is 3.98. The normalized spacial score (nSPS) is 18.2. The third-order valence-corrected chi connectivity index (χ3v) is 5.62. The van der Waals surface area contributed by atoms with E-state index in [4.69, 9.17) is 16.3 Å². The molecule has 2 atom stereocenters. The van der Waals surface area contributed by atoms with Crippen LogP contribution in [0.2, 0.25) is 5.02 Å². The van der Waals surface area contributed by atoms with Crippen LogP contribution in [-0.2, 0) is 16.1 Å². The molecular weight excluding hydrogens is 374 g/mol. The molecule has 1 fully saturated rings. The Bertz CT molecular complexity index is 865. The summed E-state index contributed by atoms with van der Waals surface area (Å²) < 4.78 is 7.32. The molecular formula is C18H22ClN3O3S. The third-order valence-electron chi connectivity index (χ3n) is 4.29. The number of nitrogens with one attached hydrogen (secondary N) is 1. The van der Waals surface area contributed by atoms with E-state index < -0.39 is 0 Å². The lowest BCUT2D eigenvalue weighted by atomic mass is 10.2. The minimum absolute atomic E-state index is 0.00150. The van der Waals surface area contributed by atoms with Crippen LogP contribution < -0.4 is 10.9 Å². The molecule has 26 heavy (non-hydrogen) atoms. The van der Waals surface area contributed by atoms with Crippen molar-refractivity contribution in [1.29, 1.82) is 0 Å². The van der Waals surface area contributed by atoms with Gasteiger partial charge < -0.3 is 10.1 Å². The van der Waals surface area contributed by atoms with Gasteiger partial charge in [-0.1, -0.05) is 23.4 Å². The van der Waals surface area contributed by atoms with Gasteiger partial charge in [-0.3, -0.25) is 14.2 Å². The standard InChI is InChI=1S/C18H22ClN3O3S/c1-3-20-16(23)11(2)26-18-21-15-9-12(19)6-7-14(15)17(24)22(18)10-13-5-4-8-25-13/h6-7,9,11,13H,3-5,8,10H2,1-2H3,(H,20,23)/t11-,13-/m1/s1. The van der Waals surface area contributed by atoms with E-state index in [1.807, 2.05) is 6.92 Å². The second-order valence-corrected chi connectivity index (χ2v) is 8.01. The van der Waals surface area contributed by atoms with Gasteiger partial charge in [0.05, 0.1) is 28.8 Å². The molecule has 1 aromatic carbocycles. The van der Waals surface area contributed by atoms with E-state index in [0.29, 0.717) is 40.8 Å². The summed E-state index contributed by atoms with van der Waals surface area (Å²) in [6.07, 6.45) is 1.91. The fourth-order valence-corrected chi connectivity index (χ4v) is 4.06. The van der Waals surface area contributed by atoms with E-state index in [1.165, 1.54) is 11.8 Å². The van der Waals surface area contributed by atoms with Gasteiger partial charge in [0, 0.05) is 18.2 Å². The van der Waals surface area contributed by atoms with Crippen molar-refractivity contribution in [2.75, 3.05) is 13.2 Å². The molecule has 1 aliphatic heterocycles. The van der Waals surface area contributed by atoms with Crippen molar-refractivity contribution < 1.29 is 9.53 Å². The maximum atomic E-state index is 13.0. The quantitative estimate of drug-likeness (QED) is 0.601. The minimum atomic E-state index is -0.366. The van der Waals surface area contributed by atoms with Crippen LogP contribution in [0.5, 0.6) is 0 Å². The Morgan fingerprint density at radius 2 is 2.35 bits per heavy atom. The topological polar surface area (TPSA) is 73.2 Å². The number of aromatic nitrogens is 2. The van der Waals surface area contributed by atoms with Crippen LogP contribution in [-0.4, -0.2) is 40.0 Å². The molecule has 6 nitrogen and oxygen atoms in total. The highest BCUT2D eigenvalue weighted by Gasteiger charge is 2.23. The number of benzene rings is 1. The van der Waals surface area contributed by atoms with Crippen LogP contribution >= 0.6 is 23.4 Å². The summed E-state index contributed by atoms with van der Waals surface area (Å²) >= 11 is 7.34. The average Bonchev–Trinajstić information content (AvgIpc) is 3.11. The van der Waals surface area contributed by atoms with Gasteiger partial charge in [0.25, 0.3) is 5.56 Å². The maximum Gasteiger partial charge on any atom is 0.262 e. The molecule has 1 N–H and O–H groups in total. The van der Waals surface area contributed by atoms with Crippen LogP contribution in [0.1, 0.15) is 26.7 Å². The predicted octanol–water partition coefficient (Wildman–Crippen LogP) is 2.85. The Balaban J connectivity index is 2.02. The molecule has 140 valence electrons. The van der Waals surface area contributed by atoms with Crippen molar-refractivity contribution in [3.63, 3.8) is 0 Å². The van der Waals surface area contributed by atoms with Gasteiger partial charge in [-0.2, -0.15) is 0 Å². The summed E-state index contributed by atoms with van der Waals surface area (Å²) in [5.41, 5.74) is 0.407. The summed E-state index contributed by atoms with van der Waals surface area (Å²) in [7, 11) is 0. The molecule has 3 rings (SSSR count). The lowest BCUT2D eigenvalue weighted by molar-refractivity contribution is -0.120. The van der Waals surface area contributed by atoms with E-state index >= 15 is 0 Å². The maximum absolute atomic E-state index is 13.0. The van der Waals surface area contributed by atoms with Crippen molar-refractivity contribution in [1.82, 2.24) is 14.9 Å². The van der Waals surface area contributed by atoms with Gasteiger partial charge in [-0.15, -0.1) is 0 Å². The first-order valence-corrected chi connectivity index (χ1v) is 10.0. The Labute approximate surface area is 161 Å². The summed E-state index contributed by atoms with van der Waals surface area (Å²) in [6.45, 7) is 5.40. The second kappa shape index (κ2) is 8.41. The third kappa shape index (κ3) is 4.22. The molecule has 2 aromatic rings. The van der Waals surface area contributed by atoms with Gasteiger partial charge in [0.2, 0.25) is 5.91 Å².